The van der Waals surface area contributed by atoms with E-state index >= 15 is 0 Å². The molecule has 1 aliphatic heterocycles. The van der Waals surface area contributed by atoms with Gasteiger partial charge in [0.05, 0.1) is 6.54 Å². The minimum absolute atomic E-state index is 0.154. The summed E-state index contributed by atoms with van der Waals surface area (Å²) in [5.41, 5.74) is 0. The number of amides is 2. The smallest absolute Gasteiger partial charge is 0.236 e. The summed E-state index contributed by atoms with van der Waals surface area (Å²) in [7, 11) is 2.07. The molecule has 0 aromatic rings. The van der Waals surface area contributed by atoms with Gasteiger partial charge in [-0.2, -0.15) is 0 Å². The molecule has 2 aliphatic rings. The predicted molar refractivity (Wildman–Crippen MR) is 72.7 cm³/mol. The third-order valence-corrected chi connectivity index (χ3v) is 3.68. The molecule has 0 spiro atoms. The van der Waals surface area contributed by atoms with Crippen molar-refractivity contribution >= 4 is 11.8 Å². The van der Waals surface area contributed by atoms with Crippen LogP contribution in [0.3, 0.4) is 0 Å². The highest BCUT2D eigenvalue weighted by molar-refractivity contribution is 5.80. The molecule has 0 aromatic heterocycles. The van der Waals surface area contributed by atoms with Gasteiger partial charge in [0.25, 0.3) is 0 Å². The fraction of sp³-hybridized carbons (Fsp3) is 0.846. The van der Waals surface area contributed by atoms with Crippen LogP contribution in [0.4, 0.5) is 0 Å². The first-order valence-corrected chi connectivity index (χ1v) is 7.11. The van der Waals surface area contributed by atoms with E-state index in [0.717, 1.165) is 39.0 Å². The van der Waals surface area contributed by atoms with Crippen molar-refractivity contribution in [2.75, 3.05) is 52.9 Å². The Bertz CT molecular complexity index is 323. The Morgan fingerprint density at radius 2 is 1.79 bits per heavy atom. The van der Waals surface area contributed by atoms with Crippen molar-refractivity contribution < 1.29 is 9.59 Å². The lowest BCUT2D eigenvalue weighted by Crippen LogP contribution is -2.49. The number of piperazine rings is 1. The molecule has 6 nitrogen and oxygen atoms in total. The molecule has 0 radical (unpaired) electrons. The van der Waals surface area contributed by atoms with Gasteiger partial charge < -0.3 is 20.4 Å². The lowest BCUT2D eigenvalue weighted by molar-refractivity contribution is -0.131. The van der Waals surface area contributed by atoms with E-state index in [2.05, 4.69) is 22.6 Å². The topological polar surface area (TPSA) is 64.7 Å². The average molecular weight is 268 g/mol. The Morgan fingerprint density at radius 3 is 2.42 bits per heavy atom. The number of hydrogen-bond acceptors (Lipinski definition) is 4. The van der Waals surface area contributed by atoms with Crippen molar-refractivity contribution in [1.82, 2.24) is 20.4 Å². The second-order valence-corrected chi connectivity index (χ2v) is 5.43. The maximum Gasteiger partial charge on any atom is 0.236 e. The number of nitrogens with one attached hydrogen (secondary N) is 2. The Labute approximate surface area is 114 Å². The molecule has 6 heteroatoms. The summed E-state index contributed by atoms with van der Waals surface area (Å²) in [6, 6.07) is 0. The molecule has 0 aromatic carbocycles. The molecule has 2 amide bonds. The van der Waals surface area contributed by atoms with E-state index in [-0.39, 0.29) is 17.7 Å². The summed E-state index contributed by atoms with van der Waals surface area (Å²) >= 11 is 0. The zero-order chi connectivity index (χ0) is 13.7. The molecule has 19 heavy (non-hydrogen) atoms. The fourth-order valence-electron chi connectivity index (χ4n) is 2.13. The van der Waals surface area contributed by atoms with Crippen LogP contribution in [-0.4, -0.2) is 74.5 Å². The van der Waals surface area contributed by atoms with Gasteiger partial charge in [-0.05, 0) is 19.9 Å². The number of nitrogens with zero attached hydrogens (tertiary/aromatic N) is 2. The predicted octanol–water partition coefficient (Wildman–Crippen LogP) is -1.12. The van der Waals surface area contributed by atoms with Crippen molar-refractivity contribution in [3.8, 4) is 0 Å². The Morgan fingerprint density at radius 1 is 1.11 bits per heavy atom. The van der Waals surface area contributed by atoms with Gasteiger partial charge >= 0.3 is 0 Å². The summed E-state index contributed by atoms with van der Waals surface area (Å²) in [6.45, 7) is 5.14. The molecule has 2 fully saturated rings. The minimum Gasteiger partial charge on any atom is -0.355 e. The Balaban J connectivity index is 1.50. The van der Waals surface area contributed by atoms with E-state index in [1.807, 2.05) is 4.90 Å². The second-order valence-electron chi connectivity index (χ2n) is 5.43. The molecule has 2 N–H and O–H groups in total. The minimum atomic E-state index is 0.154. The van der Waals surface area contributed by atoms with Crippen LogP contribution < -0.4 is 10.6 Å². The monoisotopic (exact) mass is 268 g/mol. The van der Waals surface area contributed by atoms with Crippen LogP contribution in [0, 0.1) is 5.92 Å². The molecule has 108 valence electrons. The second kappa shape index (κ2) is 6.86. The third kappa shape index (κ3) is 4.80. The van der Waals surface area contributed by atoms with Crippen LogP contribution in [0.2, 0.25) is 0 Å². The van der Waals surface area contributed by atoms with Crippen LogP contribution in [0.5, 0.6) is 0 Å². The number of carbonyl (C=O) groups excluding carboxylic acids is 2. The number of hydrogen-bond donors (Lipinski definition) is 2. The zero-order valence-electron chi connectivity index (χ0n) is 11.7. The van der Waals surface area contributed by atoms with Gasteiger partial charge in [0.1, 0.15) is 0 Å². The molecule has 1 saturated carbocycles. The summed E-state index contributed by atoms with van der Waals surface area (Å²) in [5, 5.41) is 5.96. The lowest BCUT2D eigenvalue weighted by atomic mass is 10.3. The van der Waals surface area contributed by atoms with Gasteiger partial charge in [0.15, 0.2) is 0 Å². The molecule has 0 bridgehead atoms. The van der Waals surface area contributed by atoms with E-state index in [1.54, 1.807) is 0 Å². The van der Waals surface area contributed by atoms with Crippen molar-refractivity contribution in [1.29, 1.82) is 0 Å². The van der Waals surface area contributed by atoms with E-state index < -0.39 is 0 Å². The highest BCUT2D eigenvalue weighted by Crippen LogP contribution is 2.28. The first kappa shape index (κ1) is 14.3. The normalized spacial score (nSPS) is 20.4. The van der Waals surface area contributed by atoms with Crippen LogP contribution >= 0.6 is 0 Å². The Kier molecular flexibility index (Phi) is 5.15. The van der Waals surface area contributed by atoms with Gasteiger partial charge in [-0.3, -0.25) is 9.59 Å². The third-order valence-electron chi connectivity index (χ3n) is 3.68. The maximum atomic E-state index is 11.9. The highest BCUT2D eigenvalue weighted by Gasteiger charge is 2.28. The molecule has 0 unspecified atom stereocenters. The number of likely N-dealkylation sites (N-methyl/N-ethyl adjacent to an activating group) is 1. The van der Waals surface area contributed by atoms with Gasteiger partial charge in [0.2, 0.25) is 11.8 Å². The van der Waals surface area contributed by atoms with Crippen molar-refractivity contribution in [2.24, 2.45) is 5.92 Å². The fourth-order valence-corrected chi connectivity index (χ4v) is 2.13. The van der Waals surface area contributed by atoms with Gasteiger partial charge in [-0.15, -0.1) is 0 Å². The molecule has 1 saturated heterocycles. The number of rotatable bonds is 6. The summed E-state index contributed by atoms with van der Waals surface area (Å²) in [4.78, 5) is 27.4. The van der Waals surface area contributed by atoms with Crippen molar-refractivity contribution in [3.05, 3.63) is 0 Å². The van der Waals surface area contributed by atoms with Crippen LogP contribution in [0.25, 0.3) is 0 Å². The quantitative estimate of drug-likeness (QED) is 0.599. The average Bonchev–Trinajstić information content (AvgIpc) is 3.23. The first-order chi connectivity index (χ1) is 9.16. The molecular weight excluding hydrogens is 244 g/mol. The summed E-state index contributed by atoms with van der Waals surface area (Å²) in [5.74, 6) is 0.570. The first-order valence-electron chi connectivity index (χ1n) is 7.11. The number of carbonyl (C=O) groups is 2. The van der Waals surface area contributed by atoms with Crippen LogP contribution in [-0.2, 0) is 9.59 Å². The zero-order valence-corrected chi connectivity index (χ0v) is 11.7. The molecule has 0 atom stereocenters. The molecular formula is C13H24N4O2. The maximum absolute atomic E-state index is 11.9. The molecule has 1 aliphatic carbocycles. The van der Waals surface area contributed by atoms with E-state index in [9.17, 15) is 9.59 Å². The van der Waals surface area contributed by atoms with E-state index in [0.29, 0.717) is 19.6 Å². The van der Waals surface area contributed by atoms with Gasteiger partial charge in [0, 0.05) is 45.2 Å². The summed E-state index contributed by atoms with van der Waals surface area (Å²) < 4.78 is 0. The van der Waals surface area contributed by atoms with E-state index in [1.165, 1.54) is 0 Å². The van der Waals surface area contributed by atoms with Gasteiger partial charge in [-0.25, -0.2) is 0 Å². The molecule has 1 heterocycles. The Hall–Kier alpha value is -1.14. The van der Waals surface area contributed by atoms with E-state index in [4.69, 9.17) is 0 Å². The summed E-state index contributed by atoms with van der Waals surface area (Å²) in [6.07, 6.45) is 2.06. The SMILES string of the molecule is CN1CCN(C(=O)CNCCNC(=O)C2CC2)CC1. The molecule has 2 rings (SSSR count). The standard InChI is InChI=1S/C13H24N4O2/c1-16-6-8-17(9-7-16)12(18)10-14-4-5-15-13(19)11-2-3-11/h11,14H,2-10H2,1H3,(H,15,19). The van der Waals surface area contributed by atoms with Gasteiger partial charge in [-0.1, -0.05) is 0 Å². The van der Waals surface area contributed by atoms with Crippen molar-refractivity contribution in [2.45, 2.75) is 12.8 Å². The lowest BCUT2D eigenvalue weighted by Gasteiger charge is -2.32. The van der Waals surface area contributed by atoms with Crippen LogP contribution in [0.15, 0.2) is 0 Å². The van der Waals surface area contributed by atoms with Crippen LogP contribution in [0.1, 0.15) is 12.8 Å². The highest BCUT2D eigenvalue weighted by atomic mass is 16.2. The van der Waals surface area contributed by atoms with Crippen molar-refractivity contribution in [3.63, 3.8) is 0 Å². The largest absolute Gasteiger partial charge is 0.355 e.